The second-order valence-electron chi connectivity index (χ2n) is 6.37. The number of fused-ring (bicyclic) bond motifs is 1. The highest BCUT2D eigenvalue weighted by Crippen LogP contribution is 2.31. The van der Waals surface area contributed by atoms with Crippen LogP contribution in [0.1, 0.15) is 22.7 Å². The Balaban J connectivity index is 1.94. The third kappa shape index (κ3) is 2.92. The van der Waals surface area contributed by atoms with E-state index in [1.165, 1.54) is 7.11 Å². The molecular weight excluding hydrogens is 346 g/mol. The standard InChI is InChI=1S/C20H19N3O4/c1-27-14-7-4-6-13(11-14)23-19(25)16(18(24)22-20(23)26)17-15-8-3-2-5-12(15)9-10-21-17/h2-8,11,17,21,25H,9-10H2,1H3,(H,22,24,26). The van der Waals surface area contributed by atoms with Gasteiger partial charge in [0.05, 0.1) is 24.4 Å². The van der Waals surface area contributed by atoms with Crippen LogP contribution in [-0.2, 0) is 6.42 Å². The van der Waals surface area contributed by atoms with Crippen LogP contribution in [-0.4, -0.2) is 28.3 Å². The summed E-state index contributed by atoms with van der Waals surface area (Å²) in [6.07, 6.45) is 0.834. The van der Waals surface area contributed by atoms with Crippen molar-refractivity contribution in [1.82, 2.24) is 14.9 Å². The van der Waals surface area contributed by atoms with E-state index in [4.69, 9.17) is 4.74 Å². The predicted molar refractivity (Wildman–Crippen MR) is 101 cm³/mol. The molecule has 3 aromatic rings. The zero-order valence-corrected chi connectivity index (χ0v) is 14.7. The Morgan fingerprint density at radius 1 is 1.15 bits per heavy atom. The molecule has 0 aliphatic carbocycles. The molecule has 1 aliphatic rings. The van der Waals surface area contributed by atoms with Gasteiger partial charge in [-0.3, -0.25) is 9.78 Å². The first kappa shape index (κ1) is 17.1. The van der Waals surface area contributed by atoms with Crippen LogP contribution in [0.3, 0.4) is 0 Å². The second-order valence-corrected chi connectivity index (χ2v) is 6.37. The fourth-order valence-electron chi connectivity index (χ4n) is 3.55. The van der Waals surface area contributed by atoms with Crippen molar-refractivity contribution in [2.24, 2.45) is 0 Å². The number of nitrogens with zero attached hydrogens (tertiary/aromatic N) is 1. The van der Waals surface area contributed by atoms with Crippen molar-refractivity contribution in [3.05, 3.63) is 86.1 Å². The van der Waals surface area contributed by atoms with Crippen LogP contribution in [0, 0.1) is 0 Å². The van der Waals surface area contributed by atoms with Gasteiger partial charge >= 0.3 is 5.69 Å². The van der Waals surface area contributed by atoms with Crippen LogP contribution in [0.2, 0.25) is 0 Å². The van der Waals surface area contributed by atoms with Gasteiger partial charge in [0.2, 0.25) is 5.88 Å². The van der Waals surface area contributed by atoms with Gasteiger partial charge in [-0.05, 0) is 29.7 Å². The quantitative estimate of drug-likeness (QED) is 0.653. The lowest BCUT2D eigenvalue weighted by atomic mass is 9.90. The Bertz CT molecular complexity index is 1120. The summed E-state index contributed by atoms with van der Waals surface area (Å²) in [6, 6.07) is 14.0. The summed E-state index contributed by atoms with van der Waals surface area (Å²) in [5.41, 5.74) is 1.23. The summed E-state index contributed by atoms with van der Waals surface area (Å²) in [4.78, 5) is 27.3. The van der Waals surface area contributed by atoms with Crippen LogP contribution >= 0.6 is 0 Å². The number of hydrogen-bond donors (Lipinski definition) is 3. The zero-order chi connectivity index (χ0) is 19.0. The zero-order valence-electron chi connectivity index (χ0n) is 14.7. The number of ether oxygens (including phenoxy) is 1. The molecular formula is C20H19N3O4. The molecule has 3 N–H and O–H groups in total. The fourth-order valence-corrected chi connectivity index (χ4v) is 3.55. The van der Waals surface area contributed by atoms with E-state index in [0.717, 1.165) is 22.1 Å². The summed E-state index contributed by atoms with van der Waals surface area (Å²) in [5.74, 6) is 0.152. The molecule has 4 rings (SSSR count). The maximum absolute atomic E-state index is 12.6. The molecule has 7 heteroatoms. The van der Waals surface area contributed by atoms with Crippen molar-refractivity contribution in [2.45, 2.75) is 12.5 Å². The molecule has 27 heavy (non-hydrogen) atoms. The summed E-state index contributed by atoms with van der Waals surface area (Å²) in [6.45, 7) is 0.666. The summed E-state index contributed by atoms with van der Waals surface area (Å²) in [5, 5.41) is 14.2. The van der Waals surface area contributed by atoms with E-state index in [-0.39, 0.29) is 11.4 Å². The number of aromatic amines is 1. The Morgan fingerprint density at radius 3 is 2.78 bits per heavy atom. The summed E-state index contributed by atoms with van der Waals surface area (Å²) >= 11 is 0. The maximum atomic E-state index is 12.6. The minimum atomic E-state index is -0.710. The molecule has 1 atom stereocenters. The number of aromatic hydroxyl groups is 1. The lowest BCUT2D eigenvalue weighted by molar-refractivity contribution is 0.406. The van der Waals surface area contributed by atoms with Crippen molar-refractivity contribution < 1.29 is 9.84 Å². The third-order valence-corrected chi connectivity index (χ3v) is 4.83. The smallest absolute Gasteiger partial charge is 0.335 e. The van der Waals surface area contributed by atoms with E-state index >= 15 is 0 Å². The molecule has 0 bridgehead atoms. The molecule has 2 heterocycles. The number of aromatic nitrogens is 2. The molecule has 1 aliphatic heterocycles. The number of methoxy groups -OCH3 is 1. The van der Waals surface area contributed by atoms with Crippen LogP contribution in [0.25, 0.3) is 5.69 Å². The number of hydrogen-bond acceptors (Lipinski definition) is 5. The number of H-pyrrole nitrogens is 1. The molecule has 2 aromatic carbocycles. The van der Waals surface area contributed by atoms with Gasteiger partial charge < -0.3 is 15.2 Å². The number of nitrogens with one attached hydrogen (secondary N) is 2. The number of benzene rings is 2. The fraction of sp³-hybridized carbons (Fsp3) is 0.200. The molecule has 0 amide bonds. The van der Waals surface area contributed by atoms with Crippen LogP contribution < -0.4 is 21.3 Å². The first-order valence-electron chi connectivity index (χ1n) is 8.64. The summed E-state index contributed by atoms with van der Waals surface area (Å²) < 4.78 is 6.27. The minimum absolute atomic E-state index is 0.115. The average Bonchev–Trinajstić information content (AvgIpc) is 2.68. The van der Waals surface area contributed by atoms with Gasteiger partial charge in [0, 0.05) is 12.6 Å². The van der Waals surface area contributed by atoms with E-state index in [1.54, 1.807) is 24.3 Å². The predicted octanol–water partition coefficient (Wildman–Crippen LogP) is 1.48. The first-order valence-corrected chi connectivity index (χ1v) is 8.64. The highest BCUT2D eigenvalue weighted by molar-refractivity contribution is 5.46. The lowest BCUT2D eigenvalue weighted by Crippen LogP contribution is -2.38. The topological polar surface area (TPSA) is 96.3 Å². The van der Waals surface area contributed by atoms with Crippen molar-refractivity contribution in [1.29, 1.82) is 0 Å². The van der Waals surface area contributed by atoms with Crippen molar-refractivity contribution in [3.8, 4) is 17.3 Å². The van der Waals surface area contributed by atoms with E-state index in [0.29, 0.717) is 18.0 Å². The minimum Gasteiger partial charge on any atom is -0.497 e. The highest BCUT2D eigenvalue weighted by Gasteiger charge is 2.28. The molecule has 138 valence electrons. The summed E-state index contributed by atoms with van der Waals surface area (Å²) in [7, 11) is 1.52. The largest absolute Gasteiger partial charge is 0.497 e. The van der Waals surface area contributed by atoms with Gasteiger partial charge in [-0.25, -0.2) is 9.36 Å². The third-order valence-electron chi connectivity index (χ3n) is 4.83. The second kappa shape index (κ2) is 6.77. The van der Waals surface area contributed by atoms with E-state index in [1.807, 2.05) is 24.3 Å². The normalized spacial score (nSPS) is 16.0. The van der Waals surface area contributed by atoms with Gasteiger partial charge in [0.25, 0.3) is 5.56 Å². The highest BCUT2D eigenvalue weighted by atomic mass is 16.5. The van der Waals surface area contributed by atoms with E-state index in [9.17, 15) is 14.7 Å². The molecule has 1 unspecified atom stereocenters. The van der Waals surface area contributed by atoms with E-state index in [2.05, 4.69) is 10.3 Å². The van der Waals surface area contributed by atoms with Crippen LogP contribution in [0.5, 0.6) is 11.6 Å². The molecule has 0 radical (unpaired) electrons. The van der Waals surface area contributed by atoms with Crippen molar-refractivity contribution in [3.63, 3.8) is 0 Å². The Hall–Kier alpha value is -3.32. The van der Waals surface area contributed by atoms with Gasteiger partial charge in [-0.2, -0.15) is 0 Å². The Labute approximate surface area is 154 Å². The molecule has 0 spiro atoms. The van der Waals surface area contributed by atoms with Gasteiger partial charge in [0.1, 0.15) is 5.75 Å². The van der Waals surface area contributed by atoms with Crippen molar-refractivity contribution in [2.75, 3.05) is 13.7 Å². The number of rotatable bonds is 3. The molecule has 7 nitrogen and oxygen atoms in total. The van der Waals surface area contributed by atoms with Crippen molar-refractivity contribution >= 4 is 0 Å². The Morgan fingerprint density at radius 2 is 1.96 bits per heavy atom. The van der Waals surface area contributed by atoms with Crippen LogP contribution in [0.15, 0.2) is 58.1 Å². The van der Waals surface area contributed by atoms with E-state index < -0.39 is 17.3 Å². The molecule has 0 saturated carbocycles. The van der Waals surface area contributed by atoms with Crippen LogP contribution in [0.4, 0.5) is 0 Å². The maximum Gasteiger partial charge on any atom is 0.335 e. The first-order chi connectivity index (χ1) is 13.1. The molecule has 1 aromatic heterocycles. The van der Waals surface area contributed by atoms with Gasteiger partial charge in [-0.1, -0.05) is 30.3 Å². The average molecular weight is 365 g/mol. The Kier molecular flexibility index (Phi) is 4.29. The molecule has 0 fully saturated rings. The SMILES string of the molecule is COc1cccc(-n2c(O)c(C3NCCc4ccccc43)c(=O)[nH]c2=O)c1. The lowest BCUT2D eigenvalue weighted by Gasteiger charge is -2.27. The molecule has 0 saturated heterocycles. The monoisotopic (exact) mass is 365 g/mol. The van der Waals surface area contributed by atoms with Gasteiger partial charge in [-0.15, -0.1) is 0 Å². The van der Waals surface area contributed by atoms with Gasteiger partial charge in [0.15, 0.2) is 0 Å².